The molecular weight excluding hydrogens is 206 g/mol. The van der Waals surface area contributed by atoms with Crippen molar-refractivity contribution in [1.82, 2.24) is 9.78 Å². The Kier molecular flexibility index (Phi) is 2.82. The summed E-state index contributed by atoms with van der Waals surface area (Å²) in [5, 5.41) is 2.86. The first kappa shape index (κ1) is 9.91. The molecule has 0 aliphatic rings. The van der Waals surface area contributed by atoms with E-state index in [1.165, 1.54) is 7.11 Å². The minimum atomic E-state index is -3.00. The third-order valence-corrected chi connectivity index (χ3v) is 1.55. The lowest BCUT2D eigenvalue weighted by Gasteiger charge is -2.05. The molecule has 0 unspecified atom stereocenters. The van der Waals surface area contributed by atoms with Crippen LogP contribution in [0.2, 0.25) is 5.15 Å². The number of hydrogen-bond acceptors (Lipinski definition) is 3. The molecule has 0 radical (unpaired) electrons. The van der Waals surface area contributed by atoms with Crippen molar-refractivity contribution in [1.29, 1.82) is 0 Å². The molecule has 0 N–H and O–H groups in total. The Morgan fingerprint density at radius 1 is 1.69 bits per heavy atom. The maximum Gasteiger partial charge on any atom is 0.336 e. The van der Waals surface area contributed by atoms with Crippen LogP contribution in [0.1, 0.15) is 6.55 Å². The first-order chi connectivity index (χ1) is 6.06. The fraction of sp³-hybridized carbons (Fsp3) is 0.333. The van der Waals surface area contributed by atoms with Crippen molar-refractivity contribution < 1.29 is 13.5 Å². The van der Waals surface area contributed by atoms with Crippen LogP contribution < -0.4 is 10.3 Å². The Hall–Kier alpha value is -1.17. The van der Waals surface area contributed by atoms with Crippen molar-refractivity contribution in [2.24, 2.45) is 0 Å². The highest BCUT2D eigenvalue weighted by molar-refractivity contribution is 6.30. The molecule has 0 atom stereocenters. The molecule has 0 saturated heterocycles. The van der Waals surface area contributed by atoms with Crippen LogP contribution >= 0.6 is 11.6 Å². The quantitative estimate of drug-likeness (QED) is 0.739. The first-order valence-electron chi connectivity index (χ1n) is 3.17. The number of nitrogens with zero attached hydrogens (tertiary/aromatic N) is 2. The van der Waals surface area contributed by atoms with E-state index < -0.39 is 12.1 Å². The summed E-state index contributed by atoms with van der Waals surface area (Å²) in [4.78, 5) is 10.9. The van der Waals surface area contributed by atoms with Gasteiger partial charge in [0.05, 0.1) is 13.2 Å². The van der Waals surface area contributed by atoms with Gasteiger partial charge in [0, 0.05) is 0 Å². The molecule has 0 aliphatic heterocycles. The molecule has 0 spiro atoms. The van der Waals surface area contributed by atoms with Crippen LogP contribution in [0.25, 0.3) is 0 Å². The van der Waals surface area contributed by atoms with E-state index in [2.05, 4.69) is 9.84 Å². The molecule has 13 heavy (non-hydrogen) atoms. The molecule has 1 rings (SSSR count). The normalized spacial score (nSPS) is 10.5. The van der Waals surface area contributed by atoms with Gasteiger partial charge in [-0.05, 0) is 0 Å². The fourth-order valence-corrected chi connectivity index (χ4v) is 0.927. The second-order valence-corrected chi connectivity index (χ2v) is 2.42. The molecule has 0 aliphatic carbocycles. The minimum absolute atomic E-state index is 0.0230. The molecule has 0 fully saturated rings. The van der Waals surface area contributed by atoms with Crippen molar-refractivity contribution in [2.75, 3.05) is 7.11 Å². The van der Waals surface area contributed by atoms with Crippen molar-refractivity contribution in [3.05, 3.63) is 21.6 Å². The fourth-order valence-electron chi connectivity index (χ4n) is 0.714. The molecule has 0 saturated carbocycles. The molecule has 1 aromatic rings. The molecule has 1 heterocycles. The Morgan fingerprint density at radius 3 is 2.77 bits per heavy atom. The van der Waals surface area contributed by atoms with E-state index in [1.54, 1.807) is 0 Å². The minimum Gasteiger partial charge on any atom is -0.493 e. The van der Waals surface area contributed by atoms with Gasteiger partial charge < -0.3 is 4.74 Å². The SMILES string of the molecule is COc1cc(=O)n(C(F)F)nc1Cl. The van der Waals surface area contributed by atoms with Gasteiger partial charge in [0.15, 0.2) is 10.9 Å². The summed E-state index contributed by atoms with van der Waals surface area (Å²) in [6, 6.07) is 0.849. The highest BCUT2D eigenvalue weighted by Gasteiger charge is 2.13. The van der Waals surface area contributed by atoms with Gasteiger partial charge in [-0.3, -0.25) is 4.79 Å². The molecule has 0 aromatic carbocycles. The van der Waals surface area contributed by atoms with Crippen LogP contribution in [0.3, 0.4) is 0 Å². The summed E-state index contributed by atoms with van der Waals surface area (Å²) in [7, 11) is 1.26. The third-order valence-electron chi connectivity index (χ3n) is 1.28. The topological polar surface area (TPSA) is 44.1 Å². The number of aromatic nitrogens is 2. The monoisotopic (exact) mass is 210 g/mol. The van der Waals surface area contributed by atoms with Gasteiger partial charge in [0.25, 0.3) is 5.56 Å². The van der Waals surface area contributed by atoms with E-state index in [4.69, 9.17) is 11.6 Å². The van der Waals surface area contributed by atoms with Gasteiger partial charge in [0.2, 0.25) is 0 Å². The molecule has 72 valence electrons. The maximum atomic E-state index is 12.0. The average Bonchev–Trinajstić information content (AvgIpc) is 2.07. The molecule has 0 bridgehead atoms. The Morgan fingerprint density at radius 2 is 2.31 bits per heavy atom. The largest absolute Gasteiger partial charge is 0.493 e. The van der Waals surface area contributed by atoms with Crippen LogP contribution in [-0.4, -0.2) is 16.9 Å². The zero-order valence-corrected chi connectivity index (χ0v) is 7.26. The standard InChI is InChI=1S/C6H5ClF2N2O2/c1-13-3-2-4(12)11(6(8)9)10-5(3)7/h2,6H,1H3. The lowest BCUT2D eigenvalue weighted by atomic mass is 10.5. The summed E-state index contributed by atoms with van der Waals surface area (Å²) in [6.07, 6.45) is 0. The van der Waals surface area contributed by atoms with E-state index >= 15 is 0 Å². The van der Waals surface area contributed by atoms with Crippen molar-refractivity contribution in [3.63, 3.8) is 0 Å². The van der Waals surface area contributed by atoms with E-state index in [0.717, 1.165) is 6.07 Å². The summed E-state index contributed by atoms with van der Waals surface area (Å²) < 4.78 is 28.7. The predicted octanol–water partition coefficient (Wildman–Crippen LogP) is 1.30. The Balaban J connectivity index is 3.29. The number of ether oxygens (including phenoxy) is 1. The molecule has 0 amide bonds. The van der Waals surface area contributed by atoms with Crippen molar-refractivity contribution in [2.45, 2.75) is 6.55 Å². The van der Waals surface area contributed by atoms with Gasteiger partial charge >= 0.3 is 6.55 Å². The summed E-state index contributed by atoms with van der Waals surface area (Å²) >= 11 is 5.42. The summed E-state index contributed by atoms with van der Waals surface area (Å²) in [6.45, 7) is -3.00. The van der Waals surface area contributed by atoms with E-state index in [1.807, 2.05) is 0 Å². The first-order valence-corrected chi connectivity index (χ1v) is 3.55. The van der Waals surface area contributed by atoms with Crippen molar-refractivity contribution in [3.8, 4) is 5.75 Å². The molecule has 7 heteroatoms. The zero-order chi connectivity index (χ0) is 10.0. The number of halogens is 3. The van der Waals surface area contributed by atoms with E-state index in [0.29, 0.717) is 0 Å². The van der Waals surface area contributed by atoms with Gasteiger partial charge in [-0.25, -0.2) is 0 Å². The van der Waals surface area contributed by atoms with Gasteiger partial charge in [0.1, 0.15) is 0 Å². The second-order valence-electron chi connectivity index (χ2n) is 2.06. The Bertz CT molecular complexity index is 366. The van der Waals surface area contributed by atoms with Gasteiger partial charge in [-0.1, -0.05) is 11.6 Å². The molecule has 1 aromatic heterocycles. The van der Waals surface area contributed by atoms with Crippen LogP contribution in [0, 0.1) is 0 Å². The highest BCUT2D eigenvalue weighted by Crippen LogP contribution is 2.19. The summed E-state index contributed by atoms with van der Waals surface area (Å²) in [5.41, 5.74) is -0.962. The van der Waals surface area contributed by atoms with Crippen molar-refractivity contribution >= 4 is 11.6 Å². The lowest BCUT2D eigenvalue weighted by Crippen LogP contribution is -2.23. The van der Waals surface area contributed by atoms with Gasteiger partial charge in [-0.15, -0.1) is 5.10 Å². The van der Waals surface area contributed by atoms with E-state index in [-0.39, 0.29) is 15.6 Å². The second kappa shape index (κ2) is 3.69. The van der Waals surface area contributed by atoms with Crippen LogP contribution in [0.15, 0.2) is 10.9 Å². The molecular formula is C6H5ClF2N2O2. The highest BCUT2D eigenvalue weighted by atomic mass is 35.5. The average molecular weight is 211 g/mol. The predicted molar refractivity (Wildman–Crippen MR) is 41.3 cm³/mol. The smallest absolute Gasteiger partial charge is 0.336 e. The summed E-state index contributed by atoms with van der Waals surface area (Å²) in [5.74, 6) is -0.0245. The zero-order valence-electron chi connectivity index (χ0n) is 6.50. The van der Waals surface area contributed by atoms with Crippen LogP contribution in [0.4, 0.5) is 8.78 Å². The number of alkyl halides is 2. The maximum absolute atomic E-state index is 12.0. The van der Waals surface area contributed by atoms with E-state index in [9.17, 15) is 13.6 Å². The third kappa shape index (κ3) is 1.95. The molecule has 4 nitrogen and oxygen atoms in total. The number of rotatable bonds is 2. The van der Waals surface area contributed by atoms with Crippen LogP contribution in [0.5, 0.6) is 5.75 Å². The Labute approximate surface area is 76.7 Å². The lowest BCUT2D eigenvalue weighted by molar-refractivity contribution is 0.0508. The van der Waals surface area contributed by atoms with Gasteiger partial charge in [-0.2, -0.15) is 13.5 Å². The van der Waals surface area contributed by atoms with Crippen LogP contribution in [-0.2, 0) is 0 Å². The number of methoxy groups -OCH3 is 1. The number of hydrogen-bond donors (Lipinski definition) is 0.